The standard InChI is InChI=1S/C21H29ClN2O5Si/c1-12-19(30(2,3)28)17(10-18(26)24-8-4-5-14(24)11-25)29-21(12)15-9-13(22)6-7-16(15)23-20(21)27/h6-7,9,12,14,17,19,25,28H,4-5,8,10-11H2,1-3H3,(H,23,27)/t12-,14+,17+,19-,21+/m1/s1. The third kappa shape index (κ3) is 3.29. The van der Waals surface area contributed by atoms with Crippen LogP contribution in [0.5, 0.6) is 0 Å². The van der Waals surface area contributed by atoms with Gasteiger partial charge in [-0.05, 0) is 44.1 Å². The molecule has 1 aromatic carbocycles. The zero-order chi connectivity index (χ0) is 21.8. The quantitative estimate of drug-likeness (QED) is 0.609. The van der Waals surface area contributed by atoms with Gasteiger partial charge in [-0.1, -0.05) is 18.5 Å². The third-order valence-corrected chi connectivity index (χ3v) is 9.72. The van der Waals surface area contributed by atoms with E-state index in [0.717, 1.165) is 12.8 Å². The Morgan fingerprint density at radius 1 is 1.43 bits per heavy atom. The van der Waals surface area contributed by atoms with Crippen LogP contribution in [0.4, 0.5) is 5.69 Å². The molecule has 0 aliphatic carbocycles. The third-order valence-electron chi connectivity index (χ3n) is 6.98. The van der Waals surface area contributed by atoms with Crippen LogP contribution in [0.15, 0.2) is 18.2 Å². The van der Waals surface area contributed by atoms with E-state index in [-0.39, 0.29) is 42.3 Å². The van der Waals surface area contributed by atoms with Crippen LogP contribution < -0.4 is 5.32 Å². The molecule has 0 radical (unpaired) electrons. The van der Waals surface area contributed by atoms with E-state index in [0.29, 0.717) is 22.8 Å². The van der Waals surface area contributed by atoms with Crippen LogP contribution in [0.1, 0.15) is 31.7 Å². The molecule has 9 heteroatoms. The lowest BCUT2D eigenvalue weighted by Crippen LogP contribution is -2.44. The number of likely N-dealkylation sites (tertiary alicyclic amines) is 1. The SMILES string of the molecule is C[C@@H]1[C@@H]([Si](C)(C)O)[C@H](CC(=O)N2CCC[C@H]2CO)O[C@@]12C(=O)Nc1ccc(Cl)cc12. The van der Waals surface area contributed by atoms with Gasteiger partial charge in [0.1, 0.15) is 0 Å². The summed E-state index contributed by atoms with van der Waals surface area (Å²) in [7, 11) is -2.80. The van der Waals surface area contributed by atoms with Crippen LogP contribution >= 0.6 is 11.6 Å². The first-order valence-electron chi connectivity index (χ1n) is 10.5. The largest absolute Gasteiger partial charge is 0.432 e. The number of nitrogens with one attached hydrogen (secondary N) is 1. The first-order chi connectivity index (χ1) is 14.1. The second-order valence-corrected chi connectivity index (χ2v) is 13.7. The van der Waals surface area contributed by atoms with Crippen molar-refractivity contribution >= 4 is 37.4 Å². The zero-order valence-corrected chi connectivity index (χ0v) is 19.3. The molecule has 0 aromatic heterocycles. The fourth-order valence-electron chi connectivity index (χ4n) is 5.71. The van der Waals surface area contributed by atoms with Crippen LogP contribution in [0, 0.1) is 5.92 Å². The van der Waals surface area contributed by atoms with Crippen LogP contribution in [0.25, 0.3) is 0 Å². The highest BCUT2D eigenvalue weighted by molar-refractivity contribution is 6.71. The number of hydrogen-bond acceptors (Lipinski definition) is 5. The number of rotatable bonds is 4. The van der Waals surface area contributed by atoms with E-state index in [2.05, 4.69) is 5.32 Å². The Bertz CT molecular complexity index is 875. The molecule has 4 rings (SSSR count). The van der Waals surface area contributed by atoms with E-state index in [1.807, 2.05) is 20.0 Å². The zero-order valence-electron chi connectivity index (χ0n) is 17.5. The maximum atomic E-state index is 13.2. The summed E-state index contributed by atoms with van der Waals surface area (Å²) < 4.78 is 6.45. The molecule has 1 aromatic rings. The molecule has 3 N–H and O–H groups in total. The van der Waals surface area contributed by atoms with E-state index < -0.39 is 20.0 Å². The maximum absolute atomic E-state index is 13.2. The summed E-state index contributed by atoms with van der Waals surface area (Å²) in [5, 5.41) is 13.0. The summed E-state index contributed by atoms with van der Waals surface area (Å²) in [6, 6.07) is 5.04. The molecule has 3 aliphatic rings. The van der Waals surface area contributed by atoms with Crippen LogP contribution in [-0.4, -0.2) is 60.2 Å². The molecule has 0 bridgehead atoms. The minimum atomic E-state index is -2.80. The van der Waals surface area contributed by atoms with Crippen molar-refractivity contribution < 1.29 is 24.2 Å². The number of halogens is 1. The Hall–Kier alpha value is -1.45. The Kier molecular flexibility index (Phi) is 5.51. The summed E-state index contributed by atoms with van der Waals surface area (Å²) in [5.74, 6) is -0.706. The molecule has 164 valence electrons. The molecule has 1 spiro atoms. The molecule has 5 atom stereocenters. The number of aliphatic hydroxyl groups excluding tert-OH is 1. The van der Waals surface area contributed by atoms with Gasteiger partial charge in [-0.3, -0.25) is 9.59 Å². The van der Waals surface area contributed by atoms with Gasteiger partial charge in [0.25, 0.3) is 5.91 Å². The van der Waals surface area contributed by atoms with Crippen molar-refractivity contribution in [1.82, 2.24) is 4.90 Å². The van der Waals surface area contributed by atoms with Gasteiger partial charge in [-0.15, -0.1) is 0 Å². The molecule has 30 heavy (non-hydrogen) atoms. The van der Waals surface area contributed by atoms with Crippen LogP contribution in [0.3, 0.4) is 0 Å². The van der Waals surface area contributed by atoms with Gasteiger partial charge in [-0.2, -0.15) is 0 Å². The van der Waals surface area contributed by atoms with Crippen LogP contribution in [-0.2, 0) is 19.9 Å². The van der Waals surface area contributed by atoms with E-state index in [4.69, 9.17) is 16.3 Å². The Balaban J connectivity index is 1.69. The highest BCUT2D eigenvalue weighted by Crippen LogP contribution is 2.58. The summed E-state index contributed by atoms with van der Waals surface area (Å²) >= 11 is 6.23. The normalized spacial score (nSPS) is 33.3. The first-order valence-corrected chi connectivity index (χ1v) is 13.9. The minimum Gasteiger partial charge on any atom is -0.432 e. The number of ether oxygens (including phenoxy) is 1. The summed E-state index contributed by atoms with van der Waals surface area (Å²) in [6.45, 7) is 6.12. The van der Waals surface area contributed by atoms with Gasteiger partial charge >= 0.3 is 0 Å². The molecule has 2 amide bonds. The molecule has 0 saturated carbocycles. The van der Waals surface area contributed by atoms with E-state index in [1.54, 1.807) is 23.1 Å². The number of nitrogens with zero attached hydrogens (tertiary/aromatic N) is 1. The number of aliphatic hydroxyl groups is 1. The highest BCUT2D eigenvalue weighted by Gasteiger charge is 2.65. The molecule has 3 aliphatic heterocycles. The molecular weight excluding hydrogens is 424 g/mol. The number of fused-ring (bicyclic) bond motifs is 2. The minimum absolute atomic E-state index is 0.0600. The van der Waals surface area contributed by atoms with Gasteiger partial charge in [0.2, 0.25) is 5.91 Å². The number of hydrogen-bond donors (Lipinski definition) is 3. The predicted octanol–water partition coefficient (Wildman–Crippen LogP) is 2.46. The lowest BCUT2D eigenvalue weighted by atomic mass is 9.82. The van der Waals surface area contributed by atoms with E-state index in [1.165, 1.54) is 0 Å². The lowest BCUT2D eigenvalue weighted by molar-refractivity contribution is -0.148. The van der Waals surface area contributed by atoms with Gasteiger partial charge in [-0.25, -0.2) is 0 Å². The predicted molar refractivity (Wildman–Crippen MR) is 116 cm³/mol. The summed E-state index contributed by atoms with van der Waals surface area (Å²) in [6.07, 6.45) is 1.13. The molecule has 0 unspecified atom stereocenters. The second kappa shape index (κ2) is 7.60. The molecule has 7 nitrogen and oxygen atoms in total. The number of carbonyl (C=O) groups excluding carboxylic acids is 2. The van der Waals surface area contributed by atoms with Gasteiger partial charge in [0.15, 0.2) is 13.9 Å². The smallest absolute Gasteiger partial charge is 0.261 e. The fraction of sp³-hybridized carbons (Fsp3) is 0.619. The van der Waals surface area contributed by atoms with Crippen molar-refractivity contribution in [3.63, 3.8) is 0 Å². The van der Waals surface area contributed by atoms with Crippen molar-refractivity contribution in [2.75, 3.05) is 18.5 Å². The van der Waals surface area contributed by atoms with Gasteiger partial charge in [0, 0.05) is 34.3 Å². The van der Waals surface area contributed by atoms with E-state index >= 15 is 0 Å². The number of anilines is 1. The van der Waals surface area contributed by atoms with Gasteiger partial charge in [0.05, 0.1) is 25.2 Å². The average molecular weight is 453 g/mol. The maximum Gasteiger partial charge on any atom is 0.261 e. The second-order valence-electron chi connectivity index (χ2n) is 9.27. The van der Waals surface area contributed by atoms with Crippen molar-refractivity contribution in [2.24, 2.45) is 5.92 Å². The van der Waals surface area contributed by atoms with Crippen molar-refractivity contribution in [2.45, 2.75) is 62.6 Å². The van der Waals surface area contributed by atoms with Crippen molar-refractivity contribution in [3.05, 3.63) is 28.8 Å². The highest BCUT2D eigenvalue weighted by atomic mass is 35.5. The number of carbonyl (C=O) groups is 2. The topological polar surface area (TPSA) is 99.1 Å². The van der Waals surface area contributed by atoms with E-state index in [9.17, 15) is 19.5 Å². The Morgan fingerprint density at radius 2 is 2.17 bits per heavy atom. The number of benzene rings is 1. The molecular formula is C21H29ClN2O5Si. The average Bonchev–Trinajstić information content (AvgIpc) is 3.32. The summed E-state index contributed by atoms with van der Waals surface area (Å²) in [5.41, 5.74) is -0.267. The molecule has 3 heterocycles. The lowest BCUT2D eigenvalue weighted by Gasteiger charge is -2.32. The van der Waals surface area contributed by atoms with Crippen molar-refractivity contribution in [1.29, 1.82) is 0 Å². The van der Waals surface area contributed by atoms with Crippen LogP contribution in [0.2, 0.25) is 23.7 Å². The van der Waals surface area contributed by atoms with Crippen molar-refractivity contribution in [3.8, 4) is 0 Å². The summed E-state index contributed by atoms with van der Waals surface area (Å²) in [4.78, 5) is 39.1. The monoisotopic (exact) mass is 452 g/mol. The number of amides is 2. The molecule has 2 saturated heterocycles. The van der Waals surface area contributed by atoms with Gasteiger partial charge < -0.3 is 24.9 Å². The fourth-order valence-corrected chi connectivity index (χ4v) is 8.44. The molecule has 2 fully saturated rings. The Morgan fingerprint density at radius 3 is 2.83 bits per heavy atom. The Labute approximate surface area is 182 Å². The first kappa shape index (κ1) is 21.8.